The van der Waals surface area contributed by atoms with Gasteiger partial charge in [0.2, 0.25) is 0 Å². The van der Waals surface area contributed by atoms with Crippen molar-refractivity contribution in [3.63, 3.8) is 0 Å². The summed E-state index contributed by atoms with van der Waals surface area (Å²) in [6.45, 7) is 0. The Balaban J connectivity index is 1.68. The highest BCUT2D eigenvalue weighted by atomic mass is 32.1. The van der Waals surface area contributed by atoms with E-state index < -0.39 is 0 Å². The molecule has 88 valence electrons. The lowest BCUT2D eigenvalue weighted by Crippen LogP contribution is -1.60. The van der Waals surface area contributed by atoms with Crippen LogP contribution in [-0.2, 0) is 0 Å². The molecule has 6 heteroatoms. The van der Waals surface area contributed by atoms with Crippen molar-refractivity contribution in [1.82, 2.24) is 7.58 Å². The molecule has 0 unspecified atom stereocenters. The van der Waals surface area contributed by atoms with Gasteiger partial charge < -0.3 is 0 Å². The highest BCUT2D eigenvalue weighted by molar-refractivity contribution is 7.11. The number of hydrogen-bond donors (Lipinski definition) is 0. The Morgan fingerprint density at radius 1 is 0.778 bits per heavy atom. The lowest BCUT2D eigenvalue weighted by Gasteiger charge is -1.82. The molecule has 0 aliphatic carbocycles. The predicted octanol–water partition coefficient (Wildman–Crippen LogP) is 4.73. The molecule has 0 radical (unpaired) electrons. The third-order valence-electron chi connectivity index (χ3n) is 2.66. The zero-order valence-electron chi connectivity index (χ0n) is 9.22. The highest BCUT2D eigenvalue weighted by Gasteiger charge is 2.01. The fraction of sp³-hybridized carbons (Fsp3) is 0. The molecule has 0 saturated heterocycles. The molecule has 4 rings (SSSR count). The van der Waals surface area contributed by atoms with Gasteiger partial charge in [0, 0.05) is 24.5 Å². The molecule has 4 aromatic rings. The molecule has 0 aliphatic heterocycles. The Morgan fingerprint density at radius 3 is 1.72 bits per heavy atom. The molecule has 0 saturated carbocycles. The molecule has 0 amide bonds. The number of rotatable bonds is 2. The van der Waals surface area contributed by atoms with Crippen LogP contribution in [0.3, 0.4) is 0 Å². The second kappa shape index (κ2) is 3.79. The van der Waals surface area contributed by atoms with Gasteiger partial charge in [-0.25, -0.2) is 0 Å². The van der Waals surface area contributed by atoms with Crippen LogP contribution in [0.15, 0.2) is 59.0 Å². The Bertz CT molecular complexity index is 718. The number of hydrogen-bond acceptors (Lipinski definition) is 4. The summed E-state index contributed by atoms with van der Waals surface area (Å²) in [4.78, 5) is 0. The molecule has 0 N–H and O–H groups in total. The van der Waals surface area contributed by atoms with Gasteiger partial charge in [-0.05, 0) is 47.3 Å². The summed E-state index contributed by atoms with van der Waals surface area (Å²) in [6, 6.07) is 12.2. The van der Waals surface area contributed by atoms with Crippen LogP contribution in [0.1, 0.15) is 0 Å². The van der Waals surface area contributed by atoms with Crippen LogP contribution in [0, 0.1) is 0 Å². The highest BCUT2D eigenvalue weighted by Crippen LogP contribution is 2.29. The molecule has 0 fully saturated rings. The first-order chi connectivity index (χ1) is 8.88. The minimum Gasteiger partial charge on any atom is -0.272 e. The zero-order chi connectivity index (χ0) is 11.9. The molecular weight excluding hydrogens is 264 g/mol. The van der Waals surface area contributed by atoms with E-state index in [2.05, 4.69) is 29.9 Å². The van der Waals surface area contributed by atoms with Crippen LogP contribution >= 0.6 is 23.1 Å². The first-order valence-electron chi connectivity index (χ1n) is 5.45. The first kappa shape index (κ1) is 10.0. The average Bonchev–Trinajstić information content (AvgIpc) is 3.04. The van der Waals surface area contributed by atoms with Crippen molar-refractivity contribution in [2.75, 3.05) is 0 Å². The van der Waals surface area contributed by atoms with Gasteiger partial charge in [-0.2, -0.15) is 0 Å². The van der Waals surface area contributed by atoms with Gasteiger partial charge in [0.15, 0.2) is 10.0 Å². The quantitative estimate of drug-likeness (QED) is 0.473. The maximum absolute atomic E-state index is 4.28. The van der Waals surface area contributed by atoms with Gasteiger partial charge in [-0.3, -0.25) is 7.58 Å². The van der Waals surface area contributed by atoms with E-state index in [-0.39, 0.29) is 0 Å². The van der Waals surface area contributed by atoms with E-state index in [4.69, 9.17) is 0 Å². The fourth-order valence-electron chi connectivity index (χ4n) is 1.85. The fourth-order valence-corrected chi connectivity index (χ4v) is 3.45. The first-order valence-corrected chi connectivity index (χ1v) is 7.00. The third-order valence-corrected chi connectivity index (χ3v) is 4.49. The summed E-state index contributed by atoms with van der Waals surface area (Å²) in [6.07, 6.45) is 4.04. The number of fused-ring (bicyclic) bond motifs is 2. The molecule has 0 aromatic carbocycles. The molecule has 4 heterocycles. The van der Waals surface area contributed by atoms with Gasteiger partial charge in [0.1, 0.15) is 0 Å². The summed E-state index contributed by atoms with van der Waals surface area (Å²) >= 11 is 3.17. The minimum absolute atomic E-state index is 0.920. The largest absolute Gasteiger partial charge is 0.272 e. The van der Waals surface area contributed by atoms with E-state index >= 15 is 0 Å². The van der Waals surface area contributed by atoms with Crippen LogP contribution in [0.5, 0.6) is 0 Å². The van der Waals surface area contributed by atoms with Gasteiger partial charge in [0.25, 0.3) is 0 Å². The van der Waals surface area contributed by atoms with Crippen molar-refractivity contribution in [3.8, 4) is 0 Å². The van der Waals surface area contributed by atoms with E-state index in [1.165, 1.54) is 0 Å². The van der Waals surface area contributed by atoms with Crippen LogP contribution in [-0.4, -0.2) is 7.58 Å². The lowest BCUT2D eigenvalue weighted by molar-refractivity contribution is 1.28. The maximum Gasteiger partial charge on any atom is 0.157 e. The topological polar surface area (TPSA) is 33.5 Å². The van der Waals surface area contributed by atoms with E-state index in [9.17, 15) is 0 Å². The van der Waals surface area contributed by atoms with Crippen molar-refractivity contribution in [3.05, 3.63) is 48.8 Å². The van der Waals surface area contributed by atoms with Crippen LogP contribution in [0.2, 0.25) is 0 Å². The molecule has 18 heavy (non-hydrogen) atoms. The minimum atomic E-state index is 0.920. The lowest BCUT2D eigenvalue weighted by atomic mass is 10.5. The van der Waals surface area contributed by atoms with Crippen LogP contribution in [0.4, 0.5) is 10.0 Å². The van der Waals surface area contributed by atoms with Crippen molar-refractivity contribution in [1.29, 1.82) is 0 Å². The number of nitrogens with zero attached hydrogens (tertiary/aromatic N) is 4. The second-order valence-corrected chi connectivity index (χ2v) is 5.85. The van der Waals surface area contributed by atoms with E-state index in [0.717, 1.165) is 21.0 Å². The summed E-state index contributed by atoms with van der Waals surface area (Å²) in [5, 5.41) is 10.4. The van der Waals surface area contributed by atoms with Gasteiger partial charge in [0.05, 0.1) is 11.0 Å². The van der Waals surface area contributed by atoms with Crippen molar-refractivity contribution < 1.29 is 0 Å². The third kappa shape index (κ3) is 1.58. The SMILES string of the molecule is c1cc2cc(N=Nc3cc4cccn4s3)sn2c1. The van der Waals surface area contributed by atoms with Gasteiger partial charge in [-0.1, -0.05) is 0 Å². The molecular formula is C12H8N4S2. The number of azo groups is 1. The van der Waals surface area contributed by atoms with E-state index in [1.807, 2.05) is 36.7 Å². The van der Waals surface area contributed by atoms with Crippen LogP contribution in [0.25, 0.3) is 11.0 Å². The van der Waals surface area contributed by atoms with E-state index in [0.29, 0.717) is 0 Å². The van der Waals surface area contributed by atoms with Crippen molar-refractivity contribution >= 4 is 44.1 Å². The monoisotopic (exact) mass is 272 g/mol. The summed E-state index contributed by atoms with van der Waals surface area (Å²) < 4.78 is 4.15. The average molecular weight is 272 g/mol. The summed E-state index contributed by atoms with van der Waals surface area (Å²) in [7, 11) is 0. The zero-order valence-corrected chi connectivity index (χ0v) is 10.9. The molecule has 0 atom stereocenters. The Kier molecular flexibility index (Phi) is 2.12. The Morgan fingerprint density at radius 2 is 1.28 bits per heavy atom. The Labute approximate surface area is 111 Å². The van der Waals surface area contributed by atoms with Gasteiger partial charge in [-0.15, -0.1) is 10.2 Å². The molecule has 0 bridgehead atoms. The van der Waals surface area contributed by atoms with Crippen molar-refractivity contribution in [2.45, 2.75) is 0 Å². The normalized spacial score (nSPS) is 12.2. The summed E-state index contributed by atoms with van der Waals surface area (Å²) in [5.74, 6) is 0. The molecule has 0 aliphatic rings. The van der Waals surface area contributed by atoms with E-state index in [1.54, 1.807) is 23.1 Å². The summed E-state index contributed by atoms with van der Waals surface area (Å²) in [5.41, 5.74) is 2.32. The maximum atomic E-state index is 4.28. The molecule has 0 spiro atoms. The molecule has 4 nitrogen and oxygen atoms in total. The molecule has 4 aromatic heterocycles. The standard InChI is InChI=1S/C12H8N4S2/c1-3-9-7-11(17-15(9)5-1)13-14-12-8-10-4-2-6-16(10)18-12/h1-8H. The number of aromatic nitrogens is 2. The van der Waals surface area contributed by atoms with Crippen LogP contribution < -0.4 is 0 Å². The van der Waals surface area contributed by atoms with Crippen molar-refractivity contribution in [2.24, 2.45) is 10.2 Å². The second-order valence-electron chi connectivity index (χ2n) is 3.87. The van der Waals surface area contributed by atoms with Gasteiger partial charge >= 0.3 is 0 Å². The Hall–Kier alpha value is -1.92. The smallest absolute Gasteiger partial charge is 0.157 e. The predicted molar refractivity (Wildman–Crippen MR) is 74.7 cm³/mol.